The molecule has 6 nitrogen and oxygen atoms in total. The monoisotopic (exact) mass is 238 g/mol. The molecule has 90 valence electrons. The Bertz CT molecular complexity index is 417. The quantitative estimate of drug-likeness (QED) is 0.578. The molecule has 5 N–H and O–H groups in total. The van der Waals surface area contributed by atoms with Crippen molar-refractivity contribution in [3.8, 4) is 0 Å². The van der Waals surface area contributed by atoms with Crippen LogP contribution >= 0.6 is 0 Å². The Kier molecular flexibility index (Phi) is 3.38. The minimum atomic E-state index is -4.73. The highest BCUT2D eigenvalue weighted by Crippen LogP contribution is 2.20. The first-order valence-electron chi connectivity index (χ1n) is 4.14. The van der Waals surface area contributed by atoms with Crippen LogP contribution in [0.1, 0.15) is 0 Å². The van der Waals surface area contributed by atoms with Crippen molar-refractivity contribution < 1.29 is 18.3 Å². The number of rotatable bonds is 3. The lowest BCUT2D eigenvalue weighted by Gasteiger charge is -2.15. The standard InChI is InChI=1S/C7H9F3N4O2/c8-7(9,10)3(15)1-12-5-4(11)6(16)14-2-13-5/h2-3,15H,1,11H2,(H2,12,13,14,16). The van der Waals surface area contributed by atoms with Crippen LogP contribution in [-0.4, -0.2) is 33.9 Å². The molecule has 16 heavy (non-hydrogen) atoms. The second-order valence-corrected chi connectivity index (χ2v) is 2.93. The lowest BCUT2D eigenvalue weighted by Crippen LogP contribution is -2.35. The van der Waals surface area contributed by atoms with Crippen LogP contribution in [0, 0.1) is 0 Å². The molecule has 1 unspecified atom stereocenters. The number of nitrogens with two attached hydrogens (primary N) is 1. The van der Waals surface area contributed by atoms with Crippen molar-refractivity contribution in [2.45, 2.75) is 12.3 Å². The fourth-order valence-electron chi connectivity index (χ4n) is 0.860. The summed E-state index contributed by atoms with van der Waals surface area (Å²) in [5.41, 5.74) is 4.24. The lowest BCUT2D eigenvalue weighted by atomic mass is 10.3. The van der Waals surface area contributed by atoms with Crippen LogP contribution in [0.3, 0.4) is 0 Å². The van der Waals surface area contributed by atoms with E-state index in [9.17, 15) is 18.0 Å². The van der Waals surface area contributed by atoms with Gasteiger partial charge in [-0.2, -0.15) is 13.2 Å². The van der Waals surface area contributed by atoms with E-state index in [4.69, 9.17) is 10.8 Å². The van der Waals surface area contributed by atoms with E-state index < -0.39 is 24.4 Å². The van der Waals surface area contributed by atoms with E-state index in [1.54, 1.807) is 0 Å². The van der Waals surface area contributed by atoms with Crippen molar-refractivity contribution in [2.75, 3.05) is 17.6 Å². The predicted molar refractivity (Wildman–Crippen MR) is 49.8 cm³/mol. The summed E-state index contributed by atoms with van der Waals surface area (Å²) in [6, 6.07) is 0. The topological polar surface area (TPSA) is 104 Å². The molecule has 0 saturated heterocycles. The van der Waals surface area contributed by atoms with Crippen LogP contribution in [-0.2, 0) is 0 Å². The highest BCUT2D eigenvalue weighted by atomic mass is 19.4. The van der Waals surface area contributed by atoms with Gasteiger partial charge in [0, 0.05) is 0 Å². The average Bonchev–Trinajstić information content (AvgIpc) is 2.18. The molecule has 0 radical (unpaired) electrons. The summed E-state index contributed by atoms with van der Waals surface area (Å²) in [6.07, 6.45) is -6.29. The van der Waals surface area contributed by atoms with E-state index in [0.29, 0.717) is 0 Å². The van der Waals surface area contributed by atoms with Crippen molar-refractivity contribution in [2.24, 2.45) is 0 Å². The number of aliphatic hydroxyl groups excluding tert-OH is 1. The largest absolute Gasteiger partial charge is 0.416 e. The molecular weight excluding hydrogens is 229 g/mol. The van der Waals surface area contributed by atoms with Crippen molar-refractivity contribution in [1.82, 2.24) is 9.97 Å². The molecule has 0 amide bonds. The van der Waals surface area contributed by atoms with Gasteiger partial charge in [0.25, 0.3) is 5.56 Å². The van der Waals surface area contributed by atoms with Gasteiger partial charge in [-0.25, -0.2) is 4.98 Å². The Balaban J connectivity index is 2.69. The fraction of sp³-hybridized carbons (Fsp3) is 0.429. The summed E-state index contributed by atoms with van der Waals surface area (Å²) in [5, 5.41) is 10.8. The van der Waals surface area contributed by atoms with Crippen molar-refractivity contribution in [3.05, 3.63) is 16.7 Å². The molecular formula is C7H9F3N4O2. The summed E-state index contributed by atoms with van der Waals surface area (Å²) in [6.45, 7) is -0.829. The number of aromatic amines is 1. The van der Waals surface area contributed by atoms with Gasteiger partial charge in [-0.3, -0.25) is 4.79 Å². The predicted octanol–water partition coefficient (Wildman–Crippen LogP) is -0.313. The molecule has 1 atom stereocenters. The first kappa shape index (κ1) is 12.3. The number of nitrogens with one attached hydrogen (secondary N) is 2. The van der Waals surface area contributed by atoms with Crippen molar-refractivity contribution in [3.63, 3.8) is 0 Å². The summed E-state index contributed by atoms with van der Waals surface area (Å²) < 4.78 is 35.8. The van der Waals surface area contributed by atoms with Gasteiger partial charge < -0.3 is 21.1 Å². The maximum Gasteiger partial charge on any atom is 0.416 e. The maximum atomic E-state index is 11.9. The molecule has 0 spiro atoms. The molecule has 1 aromatic rings. The number of alkyl halides is 3. The molecule has 1 rings (SSSR count). The SMILES string of the molecule is Nc1c(NCC(O)C(F)(F)F)nc[nH]c1=O. The van der Waals surface area contributed by atoms with E-state index in [2.05, 4.69) is 15.3 Å². The Morgan fingerprint density at radius 2 is 2.25 bits per heavy atom. The van der Waals surface area contributed by atoms with Crippen molar-refractivity contribution >= 4 is 11.5 Å². The number of halogens is 3. The summed E-state index contributed by atoms with van der Waals surface area (Å²) in [5.74, 6) is -0.202. The number of aromatic nitrogens is 2. The van der Waals surface area contributed by atoms with Crippen LogP contribution in [0.5, 0.6) is 0 Å². The lowest BCUT2D eigenvalue weighted by molar-refractivity contribution is -0.198. The average molecular weight is 238 g/mol. The molecule has 9 heteroatoms. The molecule has 0 saturated carbocycles. The van der Waals surface area contributed by atoms with Gasteiger partial charge in [0.2, 0.25) is 0 Å². The molecule has 0 aliphatic rings. The molecule has 0 aromatic carbocycles. The van der Waals surface area contributed by atoms with Crippen LogP contribution in [0.25, 0.3) is 0 Å². The van der Waals surface area contributed by atoms with Crippen LogP contribution in [0.15, 0.2) is 11.1 Å². The van der Waals surface area contributed by atoms with Crippen LogP contribution in [0.4, 0.5) is 24.7 Å². The summed E-state index contributed by atoms with van der Waals surface area (Å²) in [4.78, 5) is 16.6. The third kappa shape index (κ3) is 2.86. The highest BCUT2D eigenvalue weighted by Gasteiger charge is 2.37. The first-order chi connectivity index (χ1) is 7.32. The zero-order chi connectivity index (χ0) is 12.3. The van der Waals surface area contributed by atoms with Gasteiger partial charge in [0.05, 0.1) is 12.9 Å². The zero-order valence-electron chi connectivity index (χ0n) is 7.88. The van der Waals surface area contributed by atoms with Gasteiger partial charge in [0.15, 0.2) is 11.9 Å². The van der Waals surface area contributed by atoms with E-state index >= 15 is 0 Å². The second-order valence-electron chi connectivity index (χ2n) is 2.93. The summed E-state index contributed by atoms with van der Waals surface area (Å²) in [7, 11) is 0. The number of nitrogens with zero attached hydrogens (tertiary/aromatic N) is 1. The van der Waals surface area contributed by atoms with Gasteiger partial charge in [-0.1, -0.05) is 0 Å². The highest BCUT2D eigenvalue weighted by molar-refractivity contribution is 5.58. The third-order valence-corrected chi connectivity index (χ3v) is 1.73. The minimum absolute atomic E-state index is 0.202. The van der Waals surface area contributed by atoms with Gasteiger partial charge in [-0.15, -0.1) is 0 Å². The van der Waals surface area contributed by atoms with E-state index in [0.717, 1.165) is 6.33 Å². The molecule has 1 heterocycles. The van der Waals surface area contributed by atoms with E-state index in [-0.39, 0.29) is 11.5 Å². The number of H-pyrrole nitrogens is 1. The van der Waals surface area contributed by atoms with E-state index in [1.165, 1.54) is 0 Å². The zero-order valence-corrected chi connectivity index (χ0v) is 7.88. The van der Waals surface area contributed by atoms with Crippen LogP contribution in [0.2, 0.25) is 0 Å². The van der Waals surface area contributed by atoms with Gasteiger partial charge in [0.1, 0.15) is 5.69 Å². The molecule has 0 fully saturated rings. The Labute approximate surface area is 87.3 Å². The molecule has 1 aromatic heterocycles. The Hall–Kier alpha value is -1.77. The van der Waals surface area contributed by atoms with Gasteiger partial charge >= 0.3 is 6.18 Å². The summed E-state index contributed by atoms with van der Waals surface area (Å²) >= 11 is 0. The smallest absolute Gasteiger partial charge is 0.391 e. The van der Waals surface area contributed by atoms with Crippen LogP contribution < -0.4 is 16.6 Å². The molecule has 0 bridgehead atoms. The molecule has 0 aliphatic heterocycles. The van der Waals surface area contributed by atoms with Crippen molar-refractivity contribution in [1.29, 1.82) is 0 Å². The number of hydrogen-bond donors (Lipinski definition) is 4. The Morgan fingerprint density at radius 3 is 2.81 bits per heavy atom. The number of hydrogen-bond acceptors (Lipinski definition) is 5. The first-order valence-corrected chi connectivity index (χ1v) is 4.14. The third-order valence-electron chi connectivity index (χ3n) is 1.73. The van der Waals surface area contributed by atoms with Gasteiger partial charge in [-0.05, 0) is 0 Å². The Morgan fingerprint density at radius 1 is 1.62 bits per heavy atom. The molecule has 0 aliphatic carbocycles. The minimum Gasteiger partial charge on any atom is -0.391 e. The second kappa shape index (κ2) is 4.39. The normalized spacial score (nSPS) is 13.5. The number of anilines is 2. The maximum absolute atomic E-state index is 11.9. The fourth-order valence-corrected chi connectivity index (χ4v) is 0.860. The number of aliphatic hydroxyl groups is 1. The number of nitrogen functional groups attached to an aromatic ring is 1. The van der Waals surface area contributed by atoms with E-state index in [1.807, 2.05) is 0 Å².